The van der Waals surface area contributed by atoms with E-state index < -0.39 is 12.0 Å². The number of primary amides is 1. The summed E-state index contributed by atoms with van der Waals surface area (Å²) in [5.74, 6) is -1.23. The number of carbonyl (C=O) groups excluding carboxylic acids is 1. The lowest BCUT2D eigenvalue weighted by molar-refractivity contribution is -0.138. The van der Waals surface area contributed by atoms with Gasteiger partial charge >= 0.3 is 5.97 Å². The first-order chi connectivity index (χ1) is 5.91. The van der Waals surface area contributed by atoms with Crippen molar-refractivity contribution in [1.82, 2.24) is 0 Å². The lowest BCUT2D eigenvalue weighted by Gasteiger charge is -2.02. The SMILES string of the molecule is CC(N)=O.CCCC[C@H](N)C(=O)O. The third-order valence-corrected chi connectivity index (χ3v) is 1.19. The molecule has 0 fully saturated rings. The van der Waals surface area contributed by atoms with E-state index in [1.807, 2.05) is 6.92 Å². The molecule has 0 aromatic heterocycles. The molecule has 0 aliphatic carbocycles. The Morgan fingerprint density at radius 3 is 2.08 bits per heavy atom. The fourth-order valence-corrected chi connectivity index (χ4v) is 0.548. The molecule has 5 N–H and O–H groups in total. The number of aliphatic carboxylic acids is 1. The minimum Gasteiger partial charge on any atom is -0.480 e. The van der Waals surface area contributed by atoms with E-state index in [0.717, 1.165) is 12.8 Å². The second kappa shape index (κ2) is 8.99. The van der Waals surface area contributed by atoms with Gasteiger partial charge in [0.05, 0.1) is 0 Å². The molecule has 0 unspecified atom stereocenters. The molecule has 5 heteroatoms. The Kier molecular flexibility index (Phi) is 9.98. The fourth-order valence-electron chi connectivity index (χ4n) is 0.548. The van der Waals surface area contributed by atoms with E-state index >= 15 is 0 Å². The summed E-state index contributed by atoms with van der Waals surface area (Å²) in [7, 11) is 0. The average molecular weight is 190 g/mol. The van der Waals surface area contributed by atoms with Crippen molar-refractivity contribution in [1.29, 1.82) is 0 Å². The van der Waals surface area contributed by atoms with Crippen molar-refractivity contribution in [2.75, 3.05) is 0 Å². The molecule has 0 saturated carbocycles. The number of carboxylic acid groups (broad SMARTS) is 1. The Morgan fingerprint density at radius 2 is 1.85 bits per heavy atom. The molecule has 0 aliphatic rings. The van der Waals surface area contributed by atoms with E-state index in [9.17, 15) is 9.59 Å². The van der Waals surface area contributed by atoms with Crippen molar-refractivity contribution in [2.45, 2.75) is 39.2 Å². The van der Waals surface area contributed by atoms with Crippen molar-refractivity contribution in [3.05, 3.63) is 0 Å². The van der Waals surface area contributed by atoms with Crippen molar-refractivity contribution in [3.63, 3.8) is 0 Å². The molecule has 13 heavy (non-hydrogen) atoms. The van der Waals surface area contributed by atoms with Gasteiger partial charge in [0.25, 0.3) is 0 Å². The maximum absolute atomic E-state index is 10.1. The van der Waals surface area contributed by atoms with Crippen molar-refractivity contribution in [3.8, 4) is 0 Å². The predicted octanol–water partition coefficient (Wildman–Crippen LogP) is 0.0801. The van der Waals surface area contributed by atoms with Gasteiger partial charge in [-0.05, 0) is 6.42 Å². The second-order valence-corrected chi connectivity index (χ2v) is 2.70. The Morgan fingerprint density at radius 1 is 1.46 bits per heavy atom. The molecular weight excluding hydrogens is 172 g/mol. The largest absolute Gasteiger partial charge is 0.480 e. The van der Waals surface area contributed by atoms with Crippen LogP contribution in [0, 0.1) is 0 Å². The Hall–Kier alpha value is -1.10. The van der Waals surface area contributed by atoms with E-state index in [1.165, 1.54) is 6.92 Å². The fraction of sp³-hybridized carbons (Fsp3) is 0.750. The maximum Gasteiger partial charge on any atom is 0.320 e. The molecule has 0 aliphatic heterocycles. The van der Waals surface area contributed by atoms with Crippen molar-refractivity contribution >= 4 is 11.9 Å². The minimum atomic E-state index is -0.900. The molecule has 0 saturated heterocycles. The Bertz CT molecular complexity index is 155. The van der Waals surface area contributed by atoms with Gasteiger partial charge in [-0.3, -0.25) is 9.59 Å². The second-order valence-electron chi connectivity index (χ2n) is 2.70. The summed E-state index contributed by atoms with van der Waals surface area (Å²) < 4.78 is 0. The number of hydrogen-bond donors (Lipinski definition) is 3. The van der Waals surface area contributed by atoms with Crippen LogP contribution < -0.4 is 11.5 Å². The lowest BCUT2D eigenvalue weighted by Crippen LogP contribution is -2.29. The number of rotatable bonds is 4. The van der Waals surface area contributed by atoms with Crippen LogP contribution in [0.5, 0.6) is 0 Å². The molecule has 0 aromatic carbocycles. The molecule has 0 bridgehead atoms. The first-order valence-electron chi connectivity index (χ1n) is 4.16. The highest BCUT2D eigenvalue weighted by molar-refractivity contribution is 5.72. The highest BCUT2D eigenvalue weighted by Crippen LogP contribution is 1.96. The lowest BCUT2D eigenvalue weighted by atomic mass is 10.1. The summed E-state index contributed by atoms with van der Waals surface area (Å²) in [6, 6.07) is -0.662. The molecule has 0 radical (unpaired) electrons. The smallest absolute Gasteiger partial charge is 0.320 e. The summed E-state index contributed by atoms with van der Waals surface area (Å²) in [5.41, 5.74) is 9.68. The van der Waals surface area contributed by atoms with Crippen LogP contribution in [-0.2, 0) is 9.59 Å². The Balaban J connectivity index is 0. The van der Waals surface area contributed by atoms with Gasteiger partial charge in [-0.1, -0.05) is 19.8 Å². The summed E-state index contributed by atoms with van der Waals surface area (Å²) >= 11 is 0. The third-order valence-electron chi connectivity index (χ3n) is 1.19. The van der Waals surface area contributed by atoms with Gasteiger partial charge in [-0.25, -0.2) is 0 Å². The molecule has 0 spiro atoms. The molecule has 0 rings (SSSR count). The Labute approximate surface area is 78.1 Å². The van der Waals surface area contributed by atoms with Crippen LogP contribution in [0.3, 0.4) is 0 Å². The topological polar surface area (TPSA) is 106 Å². The van der Waals surface area contributed by atoms with Gasteiger partial charge in [0, 0.05) is 6.92 Å². The first-order valence-corrected chi connectivity index (χ1v) is 4.16. The summed E-state index contributed by atoms with van der Waals surface area (Å²) in [6.45, 7) is 3.31. The zero-order valence-corrected chi connectivity index (χ0v) is 8.12. The number of hydrogen-bond acceptors (Lipinski definition) is 3. The summed E-state index contributed by atoms with van der Waals surface area (Å²) in [6.07, 6.45) is 2.49. The van der Waals surface area contributed by atoms with Crippen LogP contribution in [0.25, 0.3) is 0 Å². The van der Waals surface area contributed by atoms with Crippen LogP contribution >= 0.6 is 0 Å². The predicted molar refractivity (Wildman–Crippen MR) is 50.0 cm³/mol. The van der Waals surface area contributed by atoms with Crippen molar-refractivity contribution < 1.29 is 14.7 Å². The molecule has 5 nitrogen and oxygen atoms in total. The average Bonchev–Trinajstić information content (AvgIpc) is 1.98. The van der Waals surface area contributed by atoms with Crippen LogP contribution in [-0.4, -0.2) is 23.0 Å². The molecule has 1 atom stereocenters. The zero-order valence-electron chi connectivity index (χ0n) is 8.12. The quantitative estimate of drug-likeness (QED) is 0.583. The molecular formula is C8H18N2O3. The standard InChI is InChI=1S/C6H13NO2.C2H5NO/c1-2-3-4-5(7)6(8)9;1-2(3)4/h5H,2-4,7H2,1H3,(H,8,9);1H3,(H2,3,4)/t5-;/m0./s1. The van der Waals surface area contributed by atoms with E-state index in [1.54, 1.807) is 0 Å². The number of unbranched alkanes of at least 4 members (excludes halogenated alkanes) is 1. The minimum absolute atomic E-state index is 0.333. The highest BCUT2D eigenvalue weighted by atomic mass is 16.4. The third kappa shape index (κ3) is 18.1. The number of carbonyl (C=O) groups is 2. The first kappa shape index (κ1) is 14.4. The summed E-state index contributed by atoms with van der Waals surface area (Å²) in [5, 5.41) is 8.28. The van der Waals surface area contributed by atoms with Gasteiger partial charge < -0.3 is 16.6 Å². The van der Waals surface area contributed by atoms with Crippen molar-refractivity contribution in [2.24, 2.45) is 11.5 Å². The van der Waals surface area contributed by atoms with Crippen LogP contribution in [0.15, 0.2) is 0 Å². The van der Waals surface area contributed by atoms with Gasteiger partial charge in [-0.15, -0.1) is 0 Å². The summed E-state index contributed by atoms with van der Waals surface area (Å²) in [4.78, 5) is 19.3. The molecule has 0 aromatic rings. The molecule has 0 heterocycles. The van der Waals surface area contributed by atoms with E-state index in [4.69, 9.17) is 10.8 Å². The van der Waals surface area contributed by atoms with E-state index in [0.29, 0.717) is 6.42 Å². The normalized spacial score (nSPS) is 11.0. The van der Waals surface area contributed by atoms with E-state index in [2.05, 4.69) is 5.73 Å². The number of carboxylic acids is 1. The van der Waals surface area contributed by atoms with E-state index in [-0.39, 0.29) is 5.91 Å². The van der Waals surface area contributed by atoms with Gasteiger partial charge in [0.15, 0.2) is 0 Å². The van der Waals surface area contributed by atoms with Crippen LogP contribution in [0.2, 0.25) is 0 Å². The number of nitrogens with two attached hydrogens (primary N) is 2. The van der Waals surface area contributed by atoms with Gasteiger partial charge in [0.2, 0.25) is 5.91 Å². The van der Waals surface area contributed by atoms with Gasteiger partial charge in [-0.2, -0.15) is 0 Å². The number of amides is 1. The monoisotopic (exact) mass is 190 g/mol. The molecule has 78 valence electrons. The molecule has 1 amide bonds. The zero-order chi connectivity index (χ0) is 10.9. The van der Waals surface area contributed by atoms with Crippen LogP contribution in [0.1, 0.15) is 33.1 Å². The van der Waals surface area contributed by atoms with Gasteiger partial charge in [0.1, 0.15) is 6.04 Å². The maximum atomic E-state index is 10.1. The van der Waals surface area contributed by atoms with Crippen LogP contribution in [0.4, 0.5) is 0 Å². The highest BCUT2D eigenvalue weighted by Gasteiger charge is 2.08.